The summed E-state index contributed by atoms with van der Waals surface area (Å²) < 4.78 is 0. The molecular formula is C13H17NO3S. The first kappa shape index (κ1) is 13.1. The molecule has 0 radical (unpaired) electrons. The molecular weight excluding hydrogens is 250 g/mol. The average molecular weight is 267 g/mol. The summed E-state index contributed by atoms with van der Waals surface area (Å²) in [6.45, 7) is 5.02. The van der Waals surface area contributed by atoms with Crippen molar-refractivity contribution in [1.29, 1.82) is 0 Å². The van der Waals surface area contributed by atoms with Gasteiger partial charge in [0.2, 0.25) is 0 Å². The molecule has 0 saturated carbocycles. The van der Waals surface area contributed by atoms with Gasteiger partial charge in [-0.15, -0.1) is 11.3 Å². The minimum Gasteiger partial charge on any atom is -0.477 e. The van der Waals surface area contributed by atoms with E-state index in [1.807, 2.05) is 4.90 Å². The van der Waals surface area contributed by atoms with E-state index in [1.165, 1.54) is 6.07 Å². The van der Waals surface area contributed by atoms with Gasteiger partial charge in [-0.25, -0.2) is 4.79 Å². The lowest BCUT2D eigenvalue weighted by Crippen LogP contribution is -2.43. The van der Waals surface area contributed by atoms with E-state index in [1.54, 1.807) is 6.07 Å². The molecule has 98 valence electrons. The summed E-state index contributed by atoms with van der Waals surface area (Å²) in [6.07, 6.45) is 2.04. The molecule has 1 aliphatic heterocycles. The molecule has 1 fully saturated rings. The number of hydrogen-bond acceptors (Lipinski definition) is 3. The first-order chi connectivity index (χ1) is 8.49. The van der Waals surface area contributed by atoms with Crippen LogP contribution >= 0.6 is 11.3 Å². The SMILES string of the molecule is CC1CCN(C(=O)c2ccc(C(=O)O)s2)C(C)C1. The summed E-state index contributed by atoms with van der Waals surface area (Å²) in [5, 5.41) is 8.86. The Bertz CT molecular complexity index is 469. The van der Waals surface area contributed by atoms with E-state index < -0.39 is 5.97 Å². The molecule has 1 amide bonds. The lowest BCUT2D eigenvalue weighted by Gasteiger charge is -2.36. The summed E-state index contributed by atoms with van der Waals surface area (Å²) in [7, 11) is 0. The molecule has 5 heteroatoms. The number of piperidine rings is 1. The number of rotatable bonds is 2. The Hall–Kier alpha value is -1.36. The van der Waals surface area contributed by atoms with Crippen LogP contribution in [0.25, 0.3) is 0 Å². The Labute approximate surface area is 110 Å². The molecule has 0 aliphatic carbocycles. The summed E-state index contributed by atoms with van der Waals surface area (Å²) in [4.78, 5) is 25.7. The van der Waals surface area contributed by atoms with Crippen molar-refractivity contribution < 1.29 is 14.7 Å². The van der Waals surface area contributed by atoms with E-state index in [9.17, 15) is 9.59 Å². The standard InChI is InChI=1S/C13H17NO3S/c1-8-5-6-14(9(2)7-8)12(15)10-3-4-11(18-10)13(16)17/h3-4,8-9H,5-7H2,1-2H3,(H,16,17). The van der Waals surface area contributed by atoms with Crippen LogP contribution < -0.4 is 0 Å². The number of aromatic carboxylic acids is 1. The van der Waals surface area contributed by atoms with Gasteiger partial charge in [0.25, 0.3) is 5.91 Å². The van der Waals surface area contributed by atoms with Crippen LogP contribution in [0.3, 0.4) is 0 Å². The molecule has 1 N–H and O–H groups in total. The van der Waals surface area contributed by atoms with Crippen molar-refractivity contribution in [1.82, 2.24) is 4.90 Å². The lowest BCUT2D eigenvalue weighted by atomic mass is 9.93. The summed E-state index contributed by atoms with van der Waals surface area (Å²) in [5.74, 6) is -0.353. The second-order valence-electron chi connectivity index (χ2n) is 4.95. The second kappa shape index (κ2) is 5.10. The fraction of sp³-hybridized carbons (Fsp3) is 0.538. The predicted octanol–water partition coefficient (Wildman–Crippen LogP) is 2.71. The largest absolute Gasteiger partial charge is 0.477 e. The number of hydrogen-bond donors (Lipinski definition) is 1. The molecule has 2 unspecified atom stereocenters. The minimum absolute atomic E-state index is 0.0353. The molecule has 0 spiro atoms. The zero-order chi connectivity index (χ0) is 13.3. The van der Waals surface area contributed by atoms with Crippen LogP contribution in [0, 0.1) is 5.92 Å². The average Bonchev–Trinajstić information content (AvgIpc) is 2.77. The van der Waals surface area contributed by atoms with E-state index in [2.05, 4.69) is 13.8 Å². The van der Waals surface area contributed by atoms with Gasteiger partial charge in [-0.2, -0.15) is 0 Å². The van der Waals surface area contributed by atoms with E-state index >= 15 is 0 Å². The van der Waals surface area contributed by atoms with Gasteiger partial charge >= 0.3 is 5.97 Å². The van der Waals surface area contributed by atoms with Crippen molar-refractivity contribution in [2.45, 2.75) is 32.7 Å². The van der Waals surface area contributed by atoms with Crippen LogP contribution in [0.15, 0.2) is 12.1 Å². The van der Waals surface area contributed by atoms with Gasteiger partial charge in [-0.1, -0.05) is 6.92 Å². The molecule has 2 rings (SSSR count). The highest BCUT2D eigenvalue weighted by molar-refractivity contribution is 7.15. The number of carboxylic acid groups (broad SMARTS) is 1. The first-order valence-electron chi connectivity index (χ1n) is 6.13. The Balaban J connectivity index is 2.13. The fourth-order valence-electron chi connectivity index (χ4n) is 2.42. The number of amides is 1. The van der Waals surface area contributed by atoms with Crippen molar-refractivity contribution >= 4 is 23.2 Å². The monoisotopic (exact) mass is 267 g/mol. The maximum atomic E-state index is 12.3. The third-order valence-electron chi connectivity index (χ3n) is 3.43. The molecule has 1 aromatic rings. The Morgan fingerprint density at radius 1 is 1.33 bits per heavy atom. The normalized spacial score (nSPS) is 24.0. The summed E-state index contributed by atoms with van der Waals surface area (Å²) in [6, 6.07) is 3.34. The van der Waals surface area contributed by atoms with Crippen molar-refractivity contribution in [2.24, 2.45) is 5.92 Å². The van der Waals surface area contributed by atoms with Gasteiger partial charge in [0.1, 0.15) is 4.88 Å². The Morgan fingerprint density at radius 2 is 2.00 bits per heavy atom. The number of likely N-dealkylation sites (tertiary alicyclic amines) is 1. The van der Waals surface area contributed by atoms with E-state index in [-0.39, 0.29) is 16.8 Å². The van der Waals surface area contributed by atoms with E-state index in [0.717, 1.165) is 30.7 Å². The van der Waals surface area contributed by atoms with Crippen LogP contribution in [0.5, 0.6) is 0 Å². The number of carbonyl (C=O) groups excluding carboxylic acids is 1. The van der Waals surface area contributed by atoms with Gasteiger partial charge in [-0.05, 0) is 37.8 Å². The van der Waals surface area contributed by atoms with Crippen LogP contribution in [-0.4, -0.2) is 34.5 Å². The topological polar surface area (TPSA) is 57.6 Å². The number of nitrogens with zero attached hydrogens (tertiary/aromatic N) is 1. The maximum absolute atomic E-state index is 12.3. The smallest absolute Gasteiger partial charge is 0.345 e. The number of carboxylic acids is 1. The molecule has 0 aromatic carbocycles. The van der Waals surface area contributed by atoms with Crippen LogP contribution in [0.1, 0.15) is 46.0 Å². The molecule has 4 nitrogen and oxygen atoms in total. The van der Waals surface area contributed by atoms with Crippen molar-refractivity contribution in [3.8, 4) is 0 Å². The van der Waals surface area contributed by atoms with Crippen molar-refractivity contribution in [2.75, 3.05) is 6.54 Å². The van der Waals surface area contributed by atoms with Crippen LogP contribution in [0.4, 0.5) is 0 Å². The highest BCUT2D eigenvalue weighted by atomic mass is 32.1. The first-order valence-corrected chi connectivity index (χ1v) is 6.94. The quantitative estimate of drug-likeness (QED) is 0.896. The van der Waals surface area contributed by atoms with Crippen molar-refractivity contribution in [3.63, 3.8) is 0 Å². The fourth-order valence-corrected chi connectivity index (χ4v) is 3.22. The molecule has 1 aliphatic rings. The van der Waals surface area contributed by atoms with Gasteiger partial charge < -0.3 is 10.0 Å². The summed E-state index contributed by atoms with van der Waals surface area (Å²) in [5.41, 5.74) is 0. The third-order valence-corrected chi connectivity index (χ3v) is 4.49. The van der Waals surface area contributed by atoms with E-state index in [0.29, 0.717) is 10.8 Å². The van der Waals surface area contributed by atoms with Gasteiger partial charge in [0, 0.05) is 12.6 Å². The predicted molar refractivity (Wildman–Crippen MR) is 70.2 cm³/mol. The van der Waals surface area contributed by atoms with E-state index in [4.69, 9.17) is 5.11 Å². The molecule has 2 heterocycles. The minimum atomic E-state index is -0.973. The zero-order valence-corrected chi connectivity index (χ0v) is 11.4. The molecule has 1 saturated heterocycles. The van der Waals surface area contributed by atoms with Crippen LogP contribution in [0.2, 0.25) is 0 Å². The van der Waals surface area contributed by atoms with Crippen LogP contribution in [-0.2, 0) is 0 Å². The molecule has 0 bridgehead atoms. The molecule has 1 aromatic heterocycles. The number of carbonyl (C=O) groups is 2. The molecule has 18 heavy (non-hydrogen) atoms. The number of thiophene rings is 1. The zero-order valence-electron chi connectivity index (χ0n) is 10.5. The highest BCUT2D eigenvalue weighted by Crippen LogP contribution is 2.26. The van der Waals surface area contributed by atoms with Crippen molar-refractivity contribution in [3.05, 3.63) is 21.9 Å². The Kier molecular flexibility index (Phi) is 3.71. The molecule has 2 atom stereocenters. The highest BCUT2D eigenvalue weighted by Gasteiger charge is 2.28. The van der Waals surface area contributed by atoms with Gasteiger partial charge in [0.15, 0.2) is 0 Å². The van der Waals surface area contributed by atoms with Gasteiger partial charge in [-0.3, -0.25) is 4.79 Å². The second-order valence-corrected chi connectivity index (χ2v) is 6.03. The lowest BCUT2D eigenvalue weighted by molar-refractivity contribution is 0.0593. The summed E-state index contributed by atoms with van der Waals surface area (Å²) >= 11 is 1.05. The maximum Gasteiger partial charge on any atom is 0.345 e. The Morgan fingerprint density at radius 3 is 2.56 bits per heavy atom. The van der Waals surface area contributed by atoms with Gasteiger partial charge in [0.05, 0.1) is 4.88 Å². The third kappa shape index (κ3) is 2.56.